The van der Waals surface area contributed by atoms with E-state index in [1.54, 1.807) is 18.2 Å². The Morgan fingerprint density at radius 3 is 2.91 bits per heavy atom. The summed E-state index contributed by atoms with van der Waals surface area (Å²) in [5.74, 6) is 0.970. The highest BCUT2D eigenvalue weighted by Gasteiger charge is 2.15. The second-order valence-electron chi connectivity index (χ2n) is 5.09. The molecule has 1 aromatic carbocycles. The quantitative estimate of drug-likeness (QED) is 0.889. The topological polar surface area (TPSA) is 82.5 Å². The van der Waals surface area contributed by atoms with Crippen LogP contribution in [0.2, 0.25) is 0 Å². The number of nitrogens with one attached hydrogen (secondary N) is 1. The van der Waals surface area contributed by atoms with Crippen molar-refractivity contribution in [3.63, 3.8) is 0 Å². The van der Waals surface area contributed by atoms with Crippen LogP contribution in [0.4, 0.5) is 0 Å². The SMILES string of the molecule is CCc1cc(=O)n(CCNC(=O)c2ccc3c(c2)OCO3)cn1. The molecule has 0 spiro atoms. The predicted molar refractivity (Wildman–Crippen MR) is 82.8 cm³/mol. The lowest BCUT2D eigenvalue weighted by Crippen LogP contribution is -2.31. The first-order valence-corrected chi connectivity index (χ1v) is 7.40. The first-order chi connectivity index (χ1) is 11.2. The van der Waals surface area contributed by atoms with Gasteiger partial charge in [0, 0.05) is 30.4 Å². The summed E-state index contributed by atoms with van der Waals surface area (Å²) < 4.78 is 11.9. The predicted octanol–water partition coefficient (Wildman–Crippen LogP) is 0.964. The monoisotopic (exact) mass is 315 g/mol. The largest absolute Gasteiger partial charge is 0.454 e. The maximum atomic E-state index is 12.1. The number of rotatable bonds is 5. The third-order valence-electron chi connectivity index (χ3n) is 3.57. The molecule has 0 saturated carbocycles. The lowest BCUT2D eigenvalue weighted by molar-refractivity contribution is 0.0951. The van der Waals surface area contributed by atoms with E-state index in [1.165, 1.54) is 17.0 Å². The van der Waals surface area contributed by atoms with Crippen molar-refractivity contribution in [1.82, 2.24) is 14.9 Å². The van der Waals surface area contributed by atoms with Gasteiger partial charge < -0.3 is 14.8 Å². The standard InChI is InChI=1S/C16H17N3O4/c1-2-12-8-15(20)19(9-18-12)6-5-17-16(21)11-3-4-13-14(7-11)23-10-22-13/h3-4,7-9H,2,5-6,10H2,1H3,(H,17,21). The minimum atomic E-state index is -0.227. The maximum absolute atomic E-state index is 12.1. The van der Waals surface area contributed by atoms with Crippen molar-refractivity contribution in [3.8, 4) is 11.5 Å². The number of benzene rings is 1. The zero-order valence-electron chi connectivity index (χ0n) is 12.7. The lowest BCUT2D eigenvalue weighted by Gasteiger charge is -2.08. The first kappa shape index (κ1) is 15.1. The molecule has 0 unspecified atom stereocenters. The highest BCUT2D eigenvalue weighted by atomic mass is 16.7. The van der Waals surface area contributed by atoms with Gasteiger partial charge in [0.2, 0.25) is 6.79 Å². The summed E-state index contributed by atoms with van der Waals surface area (Å²) in [6.07, 6.45) is 2.23. The number of hydrogen-bond donors (Lipinski definition) is 1. The van der Waals surface area contributed by atoms with Crippen LogP contribution in [0.1, 0.15) is 23.0 Å². The molecule has 120 valence electrons. The normalized spacial score (nSPS) is 12.2. The van der Waals surface area contributed by atoms with Gasteiger partial charge >= 0.3 is 0 Å². The van der Waals surface area contributed by atoms with Gasteiger partial charge in [-0.25, -0.2) is 4.98 Å². The van der Waals surface area contributed by atoms with E-state index in [-0.39, 0.29) is 18.3 Å². The van der Waals surface area contributed by atoms with Crippen molar-refractivity contribution in [2.75, 3.05) is 13.3 Å². The molecule has 2 aromatic rings. The third-order valence-corrected chi connectivity index (χ3v) is 3.57. The van der Waals surface area contributed by atoms with Crippen LogP contribution in [0.15, 0.2) is 35.4 Å². The molecule has 0 aliphatic carbocycles. The number of aryl methyl sites for hydroxylation is 1. The Bertz CT molecular complexity index is 785. The molecule has 0 fully saturated rings. The molecule has 0 bridgehead atoms. The highest BCUT2D eigenvalue weighted by molar-refractivity contribution is 5.94. The van der Waals surface area contributed by atoms with Gasteiger partial charge in [0.1, 0.15) is 0 Å². The fraction of sp³-hybridized carbons (Fsp3) is 0.312. The van der Waals surface area contributed by atoms with Gasteiger partial charge in [-0.2, -0.15) is 0 Å². The van der Waals surface area contributed by atoms with Crippen molar-refractivity contribution in [1.29, 1.82) is 0 Å². The second-order valence-corrected chi connectivity index (χ2v) is 5.09. The number of aromatic nitrogens is 2. The molecule has 0 atom stereocenters. The summed E-state index contributed by atoms with van der Waals surface area (Å²) in [6.45, 7) is 2.81. The molecule has 0 saturated heterocycles. The van der Waals surface area contributed by atoms with E-state index in [0.29, 0.717) is 30.2 Å². The Morgan fingerprint density at radius 2 is 2.13 bits per heavy atom. The van der Waals surface area contributed by atoms with Gasteiger partial charge in [0.05, 0.1) is 6.33 Å². The van der Waals surface area contributed by atoms with E-state index in [1.807, 2.05) is 6.92 Å². The third kappa shape index (κ3) is 3.33. The Labute approximate surface area is 132 Å². The summed E-state index contributed by atoms with van der Waals surface area (Å²) in [6, 6.07) is 6.53. The molecule has 1 aliphatic rings. The smallest absolute Gasteiger partial charge is 0.253 e. The summed E-state index contributed by atoms with van der Waals surface area (Å²) in [7, 11) is 0. The van der Waals surface area contributed by atoms with Crippen LogP contribution >= 0.6 is 0 Å². The Morgan fingerprint density at radius 1 is 1.30 bits per heavy atom. The fourth-order valence-corrected chi connectivity index (χ4v) is 2.25. The van der Waals surface area contributed by atoms with E-state index in [9.17, 15) is 9.59 Å². The Hall–Kier alpha value is -2.83. The van der Waals surface area contributed by atoms with Crippen LogP contribution < -0.4 is 20.3 Å². The average Bonchev–Trinajstić information content (AvgIpc) is 3.03. The summed E-state index contributed by atoms with van der Waals surface area (Å²) in [5, 5.41) is 2.77. The number of nitrogens with zero attached hydrogens (tertiary/aromatic N) is 2. The van der Waals surface area contributed by atoms with Gasteiger partial charge in [0.25, 0.3) is 11.5 Å². The van der Waals surface area contributed by atoms with Crippen molar-refractivity contribution in [2.45, 2.75) is 19.9 Å². The number of hydrogen-bond acceptors (Lipinski definition) is 5. The summed E-state index contributed by atoms with van der Waals surface area (Å²) in [5.41, 5.74) is 1.13. The number of carbonyl (C=O) groups excluding carboxylic acids is 1. The molecule has 0 radical (unpaired) electrons. The van der Waals surface area contributed by atoms with Gasteiger partial charge in [-0.15, -0.1) is 0 Å². The minimum Gasteiger partial charge on any atom is -0.454 e. The molecule has 23 heavy (non-hydrogen) atoms. The van der Waals surface area contributed by atoms with Crippen LogP contribution in [-0.4, -0.2) is 28.8 Å². The molecule has 1 amide bonds. The van der Waals surface area contributed by atoms with Crippen LogP contribution in [0.25, 0.3) is 0 Å². The van der Waals surface area contributed by atoms with E-state index in [0.717, 1.165) is 12.1 Å². The van der Waals surface area contributed by atoms with Crippen molar-refractivity contribution in [3.05, 3.63) is 52.2 Å². The van der Waals surface area contributed by atoms with Crippen LogP contribution in [0, 0.1) is 0 Å². The number of ether oxygens (including phenoxy) is 2. The average molecular weight is 315 g/mol. The van der Waals surface area contributed by atoms with E-state index in [2.05, 4.69) is 10.3 Å². The van der Waals surface area contributed by atoms with Crippen LogP contribution in [0.5, 0.6) is 11.5 Å². The molecule has 2 heterocycles. The Kier molecular flexibility index (Phi) is 4.27. The molecule has 1 N–H and O–H groups in total. The summed E-state index contributed by atoms with van der Waals surface area (Å²) in [4.78, 5) is 28.1. The Balaban J connectivity index is 1.58. The highest BCUT2D eigenvalue weighted by Crippen LogP contribution is 2.32. The number of amides is 1. The van der Waals surface area contributed by atoms with Gasteiger partial charge in [0.15, 0.2) is 11.5 Å². The van der Waals surface area contributed by atoms with E-state index in [4.69, 9.17) is 9.47 Å². The molecule has 7 heteroatoms. The van der Waals surface area contributed by atoms with Crippen LogP contribution in [0.3, 0.4) is 0 Å². The van der Waals surface area contributed by atoms with Gasteiger partial charge in [-0.05, 0) is 24.6 Å². The van der Waals surface area contributed by atoms with Crippen molar-refractivity contribution >= 4 is 5.91 Å². The number of carbonyl (C=O) groups is 1. The maximum Gasteiger partial charge on any atom is 0.253 e. The fourth-order valence-electron chi connectivity index (χ4n) is 2.25. The molecule has 7 nitrogen and oxygen atoms in total. The van der Waals surface area contributed by atoms with Gasteiger partial charge in [-0.1, -0.05) is 6.92 Å². The molecular weight excluding hydrogens is 298 g/mol. The van der Waals surface area contributed by atoms with Crippen molar-refractivity contribution < 1.29 is 14.3 Å². The lowest BCUT2D eigenvalue weighted by atomic mass is 10.2. The van der Waals surface area contributed by atoms with E-state index < -0.39 is 0 Å². The van der Waals surface area contributed by atoms with Crippen molar-refractivity contribution in [2.24, 2.45) is 0 Å². The van der Waals surface area contributed by atoms with Gasteiger partial charge in [-0.3, -0.25) is 14.2 Å². The first-order valence-electron chi connectivity index (χ1n) is 7.40. The van der Waals surface area contributed by atoms with E-state index >= 15 is 0 Å². The minimum absolute atomic E-state index is 0.117. The molecule has 1 aromatic heterocycles. The zero-order valence-corrected chi connectivity index (χ0v) is 12.7. The molecule has 1 aliphatic heterocycles. The zero-order chi connectivity index (χ0) is 16.2. The second kappa shape index (κ2) is 6.51. The molecule has 3 rings (SSSR count). The van der Waals surface area contributed by atoms with Crippen LogP contribution in [-0.2, 0) is 13.0 Å². The number of fused-ring (bicyclic) bond motifs is 1. The molecular formula is C16H17N3O4. The summed E-state index contributed by atoms with van der Waals surface area (Å²) >= 11 is 0.